The number of nitrogens with zero attached hydrogens (tertiary/aromatic N) is 4. The fraction of sp³-hybridized carbons (Fsp3) is 0.0500. The molecule has 0 aliphatic rings. The molecular formula is C20H16Cl2N6. The van der Waals surface area contributed by atoms with Crippen molar-refractivity contribution in [3.05, 3.63) is 88.4 Å². The minimum Gasteiger partial charge on any atom is -0.355 e. The van der Waals surface area contributed by atoms with Gasteiger partial charge in [0.25, 0.3) is 0 Å². The molecule has 4 aromatic rings. The van der Waals surface area contributed by atoms with E-state index in [1.54, 1.807) is 18.2 Å². The van der Waals surface area contributed by atoms with Gasteiger partial charge in [-0.05, 0) is 46.3 Å². The lowest BCUT2D eigenvalue weighted by Crippen LogP contribution is -2.09. The zero-order valence-electron chi connectivity index (χ0n) is 14.7. The minimum absolute atomic E-state index is 0.394. The number of aromatic nitrogens is 4. The summed E-state index contributed by atoms with van der Waals surface area (Å²) in [5.41, 5.74) is 3.70. The normalized spacial score (nSPS) is 10.6. The average molecular weight is 411 g/mol. The summed E-state index contributed by atoms with van der Waals surface area (Å²) in [6, 6.07) is 23.4. The molecule has 0 bridgehead atoms. The highest BCUT2D eigenvalue weighted by molar-refractivity contribution is 6.43. The van der Waals surface area contributed by atoms with E-state index in [4.69, 9.17) is 23.2 Å². The minimum atomic E-state index is 0.394. The monoisotopic (exact) mass is 410 g/mol. The van der Waals surface area contributed by atoms with Gasteiger partial charge in [0.2, 0.25) is 5.95 Å². The average Bonchev–Trinajstić information content (AvgIpc) is 3.18. The molecule has 0 radical (unpaired) electrons. The molecule has 6 nitrogen and oxygen atoms in total. The van der Waals surface area contributed by atoms with Crippen LogP contribution >= 0.6 is 23.2 Å². The maximum atomic E-state index is 6.30. The van der Waals surface area contributed by atoms with Crippen LogP contribution < -0.4 is 10.6 Å². The van der Waals surface area contributed by atoms with Crippen LogP contribution in [0.15, 0.2) is 72.8 Å². The Hall–Kier alpha value is -3.09. The van der Waals surface area contributed by atoms with Crippen LogP contribution in [0.2, 0.25) is 10.0 Å². The third kappa shape index (κ3) is 3.93. The molecule has 3 aromatic carbocycles. The van der Waals surface area contributed by atoms with Gasteiger partial charge in [-0.3, -0.25) is 0 Å². The van der Waals surface area contributed by atoms with Gasteiger partial charge in [-0.15, -0.1) is 0 Å². The molecule has 0 fully saturated rings. The predicted octanol–water partition coefficient (Wildman–Crippen LogP) is 5.32. The second-order valence-corrected chi connectivity index (χ2v) is 6.77. The van der Waals surface area contributed by atoms with Crippen LogP contribution in [0.5, 0.6) is 0 Å². The van der Waals surface area contributed by atoms with Gasteiger partial charge >= 0.3 is 0 Å². The first-order valence-corrected chi connectivity index (χ1v) is 9.34. The molecule has 1 heterocycles. The van der Waals surface area contributed by atoms with E-state index in [9.17, 15) is 0 Å². The standard InChI is InChI=1S/C20H16Cl2N6/c21-16-10-6-12-18(19(16)22)28-20(25-26-27-28)23-13-14-7-4-5-11-17(14)24-15-8-2-1-3-9-15/h1-12,24H,13H2,(H,23,25,27). The Balaban J connectivity index is 1.55. The number of para-hydroxylation sites is 2. The van der Waals surface area contributed by atoms with Crippen molar-refractivity contribution >= 4 is 40.5 Å². The summed E-state index contributed by atoms with van der Waals surface area (Å²) >= 11 is 12.4. The van der Waals surface area contributed by atoms with Crippen molar-refractivity contribution in [2.24, 2.45) is 0 Å². The van der Waals surface area contributed by atoms with E-state index in [1.807, 2.05) is 54.6 Å². The Morgan fingerprint density at radius 3 is 2.50 bits per heavy atom. The molecule has 0 unspecified atom stereocenters. The highest BCUT2D eigenvalue weighted by Gasteiger charge is 2.13. The maximum Gasteiger partial charge on any atom is 0.248 e. The van der Waals surface area contributed by atoms with Crippen molar-refractivity contribution in [2.75, 3.05) is 10.6 Å². The third-order valence-corrected chi connectivity index (χ3v) is 4.94. The summed E-state index contributed by atoms with van der Waals surface area (Å²) in [5.74, 6) is 0.471. The van der Waals surface area contributed by atoms with Crippen molar-refractivity contribution < 1.29 is 0 Å². The van der Waals surface area contributed by atoms with Gasteiger partial charge in [-0.1, -0.05) is 70.8 Å². The van der Waals surface area contributed by atoms with Crippen LogP contribution in [0.25, 0.3) is 5.69 Å². The molecule has 28 heavy (non-hydrogen) atoms. The van der Waals surface area contributed by atoms with Crippen molar-refractivity contribution in [3.8, 4) is 5.69 Å². The topological polar surface area (TPSA) is 67.7 Å². The second-order valence-electron chi connectivity index (χ2n) is 5.99. The Kier molecular flexibility index (Phi) is 5.41. The Morgan fingerprint density at radius 1 is 0.857 bits per heavy atom. The van der Waals surface area contributed by atoms with Gasteiger partial charge in [0.05, 0.1) is 15.7 Å². The predicted molar refractivity (Wildman–Crippen MR) is 113 cm³/mol. The molecule has 4 rings (SSSR count). The number of benzene rings is 3. The first kappa shape index (κ1) is 18.3. The van der Waals surface area contributed by atoms with E-state index < -0.39 is 0 Å². The van der Waals surface area contributed by atoms with Gasteiger partial charge in [0.15, 0.2) is 0 Å². The molecule has 0 amide bonds. The molecule has 0 saturated carbocycles. The fourth-order valence-electron chi connectivity index (χ4n) is 2.76. The van der Waals surface area contributed by atoms with E-state index >= 15 is 0 Å². The van der Waals surface area contributed by atoms with E-state index in [-0.39, 0.29) is 0 Å². The second kappa shape index (κ2) is 8.29. The van der Waals surface area contributed by atoms with Crippen LogP contribution in [0.4, 0.5) is 17.3 Å². The van der Waals surface area contributed by atoms with Crippen LogP contribution in [-0.4, -0.2) is 20.2 Å². The maximum absolute atomic E-state index is 6.30. The zero-order valence-corrected chi connectivity index (χ0v) is 16.2. The highest BCUT2D eigenvalue weighted by Crippen LogP contribution is 2.29. The van der Waals surface area contributed by atoms with Crippen molar-refractivity contribution in [1.29, 1.82) is 0 Å². The van der Waals surface area contributed by atoms with E-state index in [0.29, 0.717) is 28.2 Å². The molecule has 0 atom stereocenters. The largest absolute Gasteiger partial charge is 0.355 e. The van der Waals surface area contributed by atoms with E-state index in [2.05, 4.69) is 26.2 Å². The van der Waals surface area contributed by atoms with Gasteiger partial charge in [0, 0.05) is 17.9 Å². The van der Waals surface area contributed by atoms with E-state index in [0.717, 1.165) is 16.9 Å². The van der Waals surface area contributed by atoms with E-state index in [1.165, 1.54) is 4.68 Å². The number of nitrogens with one attached hydrogen (secondary N) is 2. The van der Waals surface area contributed by atoms with Crippen LogP contribution in [0.1, 0.15) is 5.56 Å². The van der Waals surface area contributed by atoms with Crippen LogP contribution in [0.3, 0.4) is 0 Å². The quantitative estimate of drug-likeness (QED) is 0.449. The summed E-state index contributed by atoms with van der Waals surface area (Å²) in [6.45, 7) is 0.522. The number of rotatable bonds is 6. The first-order chi connectivity index (χ1) is 13.7. The van der Waals surface area contributed by atoms with Crippen LogP contribution in [-0.2, 0) is 6.54 Å². The number of tetrazole rings is 1. The molecule has 0 spiro atoms. The Labute approximate surface area is 172 Å². The lowest BCUT2D eigenvalue weighted by molar-refractivity contribution is 0.789. The van der Waals surface area contributed by atoms with Gasteiger partial charge in [0.1, 0.15) is 0 Å². The first-order valence-electron chi connectivity index (χ1n) is 8.59. The van der Waals surface area contributed by atoms with Crippen molar-refractivity contribution in [2.45, 2.75) is 6.54 Å². The highest BCUT2D eigenvalue weighted by atomic mass is 35.5. The lowest BCUT2D eigenvalue weighted by atomic mass is 10.1. The molecule has 140 valence electrons. The summed E-state index contributed by atoms with van der Waals surface area (Å²) in [4.78, 5) is 0. The molecule has 0 aliphatic heterocycles. The zero-order chi connectivity index (χ0) is 19.3. The number of halogens is 2. The Bertz CT molecular complexity index is 1080. The Morgan fingerprint density at radius 2 is 1.64 bits per heavy atom. The molecule has 1 aromatic heterocycles. The van der Waals surface area contributed by atoms with Gasteiger partial charge < -0.3 is 10.6 Å². The molecule has 0 aliphatic carbocycles. The summed E-state index contributed by atoms with van der Waals surface area (Å²) in [6.07, 6.45) is 0. The molecule has 8 heteroatoms. The third-order valence-electron chi connectivity index (χ3n) is 4.14. The molecule has 0 saturated heterocycles. The van der Waals surface area contributed by atoms with Gasteiger partial charge in [-0.25, -0.2) is 0 Å². The number of anilines is 3. The smallest absolute Gasteiger partial charge is 0.248 e. The molecule has 2 N–H and O–H groups in total. The number of hydrogen-bond acceptors (Lipinski definition) is 5. The summed E-state index contributed by atoms with van der Waals surface area (Å²) < 4.78 is 1.53. The molecular weight excluding hydrogens is 395 g/mol. The summed E-state index contributed by atoms with van der Waals surface area (Å²) in [5, 5.41) is 19.4. The lowest BCUT2D eigenvalue weighted by Gasteiger charge is -2.13. The van der Waals surface area contributed by atoms with Gasteiger partial charge in [-0.2, -0.15) is 4.68 Å². The van der Waals surface area contributed by atoms with Crippen LogP contribution in [0, 0.1) is 0 Å². The van der Waals surface area contributed by atoms with Crippen molar-refractivity contribution in [3.63, 3.8) is 0 Å². The van der Waals surface area contributed by atoms with Crippen molar-refractivity contribution in [1.82, 2.24) is 20.2 Å². The summed E-state index contributed by atoms with van der Waals surface area (Å²) in [7, 11) is 0. The fourth-order valence-corrected chi connectivity index (χ4v) is 3.14. The number of hydrogen-bond donors (Lipinski definition) is 2. The SMILES string of the molecule is Clc1cccc(-n2nnnc2NCc2ccccc2Nc2ccccc2)c1Cl.